The molecule has 1 aromatic carbocycles. The molecular formula is C25H33NO3. The van der Waals surface area contributed by atoms with Crippen LogP contribution in [0.5, 0.6) is 0 Å². The minimum atomic E-state index is -1.12. The highest BCUT2D eigenvalue weighted by atomic mass is 16.5. The highest BCUT2D eigenvalue weighted by molar-refractivity contribution is 5.74. The second-order valence-corrected chi connectivity index (χ2v) is 8.71. The minimum Gasteiger partial charge on any atom is -0.628 e. The van der Waals surface area contributed by atoms with Crippen LogP contribution in [-0.4, -0.2) is 22.9 Å². The number of nitrogens with one attached hydrogen (secondary N) is 1. The number of benzene rings is 1. The van der Waals surface area contributed by atoms with Gasteiger partial charge in [-0.15, -0.1) is 0 Å². The number of hydrogen-bond acceptors (Lipinski definition) is 3. The van der Waals surface area contributed by atoms with E-state index in [4.69, 9.17) is 4.74 Å². The summed E-state index contributed by atoms with van der Waals surface area (Å²) < 4.78 is 6.22. The molecule has 0 aliphatic carbocycles. The Kier molecular flexibility index (Phi) is 6.47. The van der Waals surface area contributed by atoms with Crippen LogP contribution in [0, 0.1) is 5.21 Å². The first-order valence-corrected chi connectivity index (χ1v) is 10.4. The Hall–Kier alpha value is -2.14. The molecule has 156 valence electrons. The van der Waals surface area contributed by atoms with E-state index in [0.717, 1.165) is 29.7 Å². The first-order valence-electron chi connectivity index (χ1n) is 10.4. The maximum atomic E-state index is 12.7. The third kappa shape index (κ3) is 4.72. The van der Waals surface area contributed by atoms with Crippen molar-refractivity contribution in [3.63, 3.8) is 0 Å². The number of rotatable bonds is 6. The normalized spacial score (nSPS) is 26.0. The summed E-state index contributed by atoms with van der Waals surface area (Å²) >= 11 is 0. The lowest BCUT2D eigenvalue weighted by Crippen LogP contribution is -3.07. The molecule has 2 aliphatic heterocycles. The van der Waals surface area contributed by atoms with Crippen molar-refractivity contribution in [1.29, 1.82) is 0 Å². The van der Waals surface area contributed by atoms with Crippen LogP contribution in [0.15, 0.2) is 65.3 Å². The van der Waals surface area contributed by atoms with Gasteiger partial charge in [0.1, 0.15) is 29.2 Å². The van der Waals surface area contributed by atoms with E-state index in [0.29, 0.717) is 12.1 Å². The van der Waals surface area contributed by atoms with Crippen molar-refractivity contribution in [2.24, 2.45) is 0 Å². The van der Waals surface area contributed by atoms with E-state index >= 15 is 0 Å². The van der Waals surface area contributed by atoms with Gasteiger partial charge in [0.25, 0.3) is 0 Å². The Morgan fingerprint density at radius 1 is 1.31 bits per heavy atom. The van der Waals surface area contributed by atoms with Crippen molar-refractivity contribution in [3.8, 4) is 0 Å². The SMILES string of the molecule is CC(C)=CCC/C(C)=C/C=C/[C@@](C)(O)[C@@H]1CC2=C(O1)c1ccccc1[NH+]([O-])C2C. The summed E-state index contributed by atoms with van der Waals surface area (Å²) in [5, 5.41) is 23.9. The Morgan fingerprint density at radius 3 is 2.76 bits per heavy atom. The lowest BCUT2D eigenvalue weighted by Gasteiger charge is -2.34. The molecule has 2 N–H and O–H groups in total. The molecule has 4 heteroatoms. The van der Waals surface area contributed by atoms with E-state index in [1.807, 2.05) is 37.3 Å². The first-order chi connectivity index (χ1) is 13.7. The average Bonchev–Trinajstić information content (AvgIpc) is 3.12. The summed E-state index contributed by atoms with van der Waals surface area (Å²) in [7, 11) is 0. The Balaban J connectivity index is 1.71. The van der Waals surface area contributed by atoms with Gasteiger partial charge in [0.15, 0.2) is 0 Å². The van der Waals surface area contributed by atoms with Gasteiger partial charge in [0, 0.05) is 18.1 Å². The number of fused-ring (bicyclic) bond motifs is 2. The van der Waals surface area contributed by atoms with Crippen LogP contribution < -0.4 is 5.06 Å². The van der Waals surface area contributed by atoms with Gasteiger partial charge >= 0.3 is 0 Å². The van der Waals surface area contributed by atoms with Crippen molar-refractivity contribution in [3.05, 3.63) is 76.1 Å². The molecule has 0 aromatic heterocycles. The molecule has 0 saturated carbocycles. The standard InChI is InChI=1S/C25H33NO3/c1-17(2)10-8-11-18(3)12-9-15-25(5,27)23-16-21-19(4)26(28)22-14-7-6-13-20(22)24(21)29-23/h6-7,9-10,12-15,19,23,26-27H,8,11,16H2,1-5H3/b15-9+,18-12+/t19?,23-,25+/m0/s1. The number of quaternary nitrogens is 1. The zero-order valence-electron chi connectivity index (χ0n) is 18.2. The third-order valence-electron chi connectivity index (χ3n) is 5.87. The monoisotopic (exact) mass is 395 g/mol. The second kappa shape index (κ2) is 8.70. The van der Waals surface area contributed by atoms with Crippen LogP contribution in [0.25, 0.3) is 5.76 Å². The Morgan fingerprint density at radius 2 is 2.03 bits per heavy atom. The molecule has 2 unspecified atom stereocenters. The number of para-hydroxylation sites is 1. The molecule has 3 rings (SSSR count). The van der Waals surface area contributed by atoms with Crippen LogP contribution >= 0.6 is 0 Å². The van der Waals surface area contributed by atoms with Crippen LogP contribution in [-0.2, 0) is 4.74 Å². The van der Waals surface area contributed by atoms with E-state index in [-0.39, 0.29) is 11.1 Å². The number of hydroxylamine groups is 1. The van der Waals surface area contributed by atoms with Gasteiger partial charge < -0.3 is 20.1 Å². The van der Waals surface area contributed by atoms with E-state index in [9.17, 15) is 10.3 Å². The average molecular weight is 396 g/mol. The van der Waals surface area contributed by atoms with Crippen LogP contribution in [0.2, 0.25) is 0 Å². The molecule has 0 fully saturated rings. The van der Waals surface area contributed by atoms with Crippen molar-refractivity contribution < 1.29 is 14.9 Å². The van der Waals surface area contributed by atoms with Crippen LogP contribution in [0.1, 0.15) is 59.4 Å². The molecule has 0 saturated heterocycles. The molecule has 1 aromatic rings. The lowest BCUT2D eigenvalue weighted by molar-refractivity contribution is -0.798. The van der Waals surface area contributed by atoms with Gasteiger partial charge in [-0.2, -0.15) is 0 Å². The van der Waals surface area contributed by atoms with Crippen molar-refractivity contribution in [1.82, 2.24) is 0 Å². The zero-order chi connectivity index (χ0) is 21.2. The van der Waals surface area contributed by atoms with Gasteiger partial charge in [0.05, 0.1) is 5.56 Å². The van der Waals surface area contributed by atoms with E-state index in [1.165, 1.54) is 11.1 Å². The molecule has 29 heavy (non-hydrogen) atoms. The predicted octanol–water partition coefficient (Wildman–Crippen LogP) is 4.60. The highest BCUT2D eigenvalue weighted by Crippen LogP contribution is 2.42. The van der Waals surface area contributed by atoms with E-state index in [1.54, 1.807) is 13.0 Å². The highest BCUT2D eigenvalue weighted by Gasteiger charge is 2.44. The van der Waals surface area contributed by atoms with Gasteiger partial charge in [-0.1, -0.05) is 41.5 Å². The fourth-order valence-corrected chi connectivity index (χ4v) is 3.96. The van der Waals surface area contributed by atoms with Gasteiger partial charge in [-0.3, -0.25) is 0 Å². The topological polar surface area (TPSA) is 57.0 Å². The molecule has 2 aliphatic rings. The summed E-state index contributed by atoms with van der Waals surface area (Å²) in [5.74, 6) is 0.778. The van der Waals surface area contributed by atoms with E-state index < -0.39 is 11.7 Å². The summed E-state index contributed by atoms with van der Waals surface area (Å²) in [4.78, 5) is 0. The molecule has 0 amide bonds. The molecular weight excluding hydrogens is 362 g/mol. The predicted molar refractivity (Wildman–Crippen MR) is 118 cm³/mol. The number of aliphatic hydroxyl groups is 1. The maximum Gasteiger partial charge on any atom is 0.142 e. The molecule has 4 atom stereocenters. The zero-order valence-corrected chi connectivity index (χ0v) is 18.2. The molecule has 4 nitrogen and oxygen atoms in total. The fraction of sp³-hybridized carbons (Fsp3) is 0.440. The van der Waals surface area contributed by atoms with Gasteiger partial charge in [-0.05, 0) is 59.6 Å². The van der Waals surface area contributed by atoms with Crippen LogP contribution in [0.4, 0.5) is 5.69 Å². The summed E-state index contributed by atoms with van der Waals surface area (Å²) in [6.45, 7) is 10.0. The number of hydrogen-bond donors (Lipinski definition) is 2. The lowest BCUT2D eigenvalue weighted by atomic mass is 9.89. The van der Waals surface area contributed by atoms with Gasteiger partial charge in [-0.25, -0.2) is 0 Å². The molecule has 0 spiro atoms. The number of ether oxygens (including phenoxy) is 1. The molecule has 0 bridgehead atoms. The van der Waals surface area contributed by atoms with E-state index in [2.05, 4.69) is 32.9 Å². The molecule has 2 heterocycles. The van der Waals surface area contributed by atoms with Crippen molar-refractivity contribution in [2.45, 2.75) is 71.6 Å². The Labute approximate surface area is 174 Å². The summed E-state index contributed by atoms with van der Waals surface area (Å²) in [6, 6.07) is 7.38. The van der Waals surface area contributed by atoms with Crippen molar-refractivity contribution >= 4 is 11.4 Å². The largest absolute Gasteiger partial charge is 0.628 e. The quantitative estimate of drug-likeness (QED) is 0.420. The number of allylic oxidation sites excluding steroid dienone is 5. The fourth-order valence-electron chi connectivity index (χ4n) is 3.96. The van der Waals surface area contributed by atoms with Crippen molar-refractivity contribution in [2.75, 3.05) is 0 Å². The van der Waals surface area contributed by atoms with Crippen LogP contribution in [0.3, 0.4) is 0 Å². The second-order valence-electron chi connectivity index (χ2n) is 8.71. The maximum absolute atomic E-state index is 12.7. The molecule has 0 radical (unpaired) electrons. The third-order valence-corrected chi connectivity index (χ3v) is 5.87. The first kappa shape index (κ1) is 21.6. The Bertz CT molecular complexity index is 872. The minimum absolute atomic E-state index is 0.133. The van der Waals surface area contributed by atoms with Gasteiger partial charge in [0.2, 0.25) is 0 Å². The summed E-state index contributed by atoms with van der Waals surface area (Å²) in [6.07, 6.45) is 10.2. The smallest absolute Gasteiger partial charge is 0.142 e. The summed E-state index contributed by atoms with van der Waals surface area (Å²) in [5.41, 5.74) is 4.05.